The molecule has 4 nitrogen and oxygen atoms in total. The zero-order valence-corrected chi connectivity index (χ0v) is 14.8. The topological polar surface area (TPSA) is 39.7 Å². The van der Waals surface area contributed by atoms with Crippen LogP contribution in [0.5, 0.6) is 11.5 Å². The highest BCUT2D eigenvalue weighted by atomic mass is 16.6. The van der Waals surface area contributed by atoms with Gasteiger partial charge in [-0.05, 0) is 31.4 Å². The van der Waals surface area contributed by atoms with Gasteiger partial charge in [-0.15, -0.1) is 0 Å². The van der Waals surface area contributed by atoms with Crippen LogP contribution in [-0.4, -0.2) is 38.5 Å². The van der Waals surface area contributed by atoms with E-state index in [1.807, 2.05) is 31.2 Å². The minimum Gasteiger partial charge on any atom is -0.490 e. The summed E-state index contributed by atoms with van der Waals surface area (Å²) in [6.45, 7) is 5.22. The zero-order chi connectivity index (χ0) is 16.6. The maximum absolute atomic E-state index is 6.45. The van der Waals surface area contributed by atoms with Crippen molar-refractivity contribution in [2.75, 3.05) is 26.3 Å². The standard InChI is InChI=1S/C20H31NO3/c1-2-22-17-10-6-7-11-18(17)24-19(20-15-21-12-13-23-20)14-16-8-4-3-5-9-16/h6-7,10-11,16,19-21H,2-5,8-9,12-15H2,1H3/t19-,20+/m1/s1. The SMILES string of the molecule is CCOc1ccccc1O[C@H](CC1CCCCC1)[C@@H]1CNCCO1. The van der Waals surface area contributed by atoms with Gasteiger partial charge < -0.3 is 19.5 Å². The molecule has 24 heavy (non-hydrogen) atoms. The van der Waals surface area contributed by atoms with E-state index < -0.39 is 0 Å². The molecule has 0 unspecified atom stereocenters. The van der Waals surface area contributed by atoms with Gasteiger partial charge in [0.1, 0.15) is 12.2 Å². The van der Waals surface area contributed by atoms with Crippen LogP contribution in [0.15, 0.2) is 24.3 Å². The van der Waals surface area contributed by atoms with Crippen LogP contribution in [0.3, 0.4) is 0 Å². The highest BCUT2D eigenvalue weighted by Crippen LogP contribution is 2.33. The summed E-state index contributed by atoms with van der Waals surface area (Å²) in [6.07, 6.45) is 8.04. The summed E-state index contributed by atoms with van der Waals surface area (Å²) in [5.41, 5.74) is 0. The van der Waals surface area contributed by atoms with E-state index >= 15 is 0 Å². The fourth-order valence-corrected chi connectivity index (χ4v) is 3.84. The molecule has 2 aliphatic rings. The largest absolute Gasteiger partial charge is 0.490 e. The molecule has 0 amide bonds. The van der Waals surface area contributed by atoms with Crippen LogP contribution in [0.25, 0.3) is 0 Å². The molecule has 1 saturated carbocycles. The predicted octanol–water partition coefficient (Wildman–Crippen LogP) is 3.79. The minimum absolute atomic E-state index is 0.0857. The molecule has 1 N–H and O–H groups in total. The Hall–Kier alpha value is -1.26. The molecule has 0 spiro atoms. The number of para-hydroxylation sites is 2. The summed E-state index contributed by atoms with van der Waals surface area (Å²) in [5.74, 6) is 2.43. The number of morpholine rings is 1. The zero-order valence-electron chi connectivity index (χ0n) is 14.8. The molecule has 0 radical (unpaired) electrons. The summed E-state index contributed by atoms with van der Waals surface area (Å²) in [6, 6.07) is 7.99. The van der Waals surface area contributed by atoms with Gasteiger partial charge in [0, 0.05) is 13.1 Å². The van der Waals surface area contributed by atoms with Crippen molar-refractivity contribution in [2.45, 2.75) is 57.7 Å². The second kappa shape index (κ2) is 9.28. The van der Waals surface area contributed by atoms with Gasteiger partial charge in [0.05, 0.1) is 13.2 Å². The Kier molecular flexibility index (Phi) is 6.79. The summed E-state index contributed by atoms with van der Waals surface area (Å²) in [7, 11) is 0. The second-order valence-electron chi connectivity index (χ2n) is 6.89. The molecule has 0 aromatic heterocycles. The van der Waals surface area contributed by atoms with E-state index in [4.69, 9.17) is 14.2 Å². The average Bonchev–Trinajstić information content (AvgIpc) is 2.64. The van der Waals surface area contributed by atoms with E-state index in [0.29, 0.717) is 6.61 Å². The van der Waals surface area contributed by atoms with Gasteiger partial charge in [0.2, 0.25) is 0 Å². The first-order chi connectivity index (χ1) is 11.9. The maximum Gasteiger partial charge on any atom is 0.161 e. The quantitative estimate of drug-likeness (QED) is 0.824. The van der Waals surface area contributed by atoms with Gasteiger partial charge in [-0.1, -0.05) is 44.2 Å². The van der Waals surface area contributed by atoms with Gasteiger partial charge in [-0.25, -0.2) is 0 Å². The number of hydrogen-bond acceptors (Lipinski definition) is 4. The molecule has 1 saturated heterocycles. The molecular formula is C20H31NO3. The Morgan fingerprint density at radius 1 is 1.17 bits per heavy atom. The summed E-state index contributed by atoms with van der Waals surface area (Å²) >= 11 is 0. The monoisotopic (exact) mass is 333 g/mol. The molecular weight excluding hydrogens is 302 g/mol. The van der Waals surface area contributed by atoms with E-state index in [-0.39, 0.29) is 12.2 Å². The number of rotatable bonds is 7. The maximum atomic E-state index is 6.45. The molecule has 134 valence electrons. The smallest absolute Gasteiger partial charge is 0.161 e. The van der Waals surface area contributed by atoms with Crippen molar-refractivity contribution in [3.63, 3.8) is 0 Å². The van der Waals surface area contributed by atoms with Gasteiger partial charge >= 0.3 is 0 Å². The first-order valence-electron chi connectivity index (χ1n) is 9.57. The van der Waals surface area contributed by atoms with Crippen LogP contribution >= 0.6 is 0 Å². The number of nitrogens with one attached hydrogen (secondary N) is 1. The minimum atomic E-state index is 0.0857. The number of ether oxygens (including phenoxy) is 3. The van der Waals surface area contributed by atoms with Crippen LogP contribution in [0.4, 0.5) is 0 Å². The lowest BCUT2D eigenvalue weighted by molar-refractivity contribution is -0.0515. The summed E-state index contributed by atoms with van der Waals surface area (Å²) in [5, 5.41) is 3.44. The van der Waals surface area contributed by atoms with Crippen molar-refractivity contribution in [2.24, 2.45) is 5.92 Å². The Morgan fingerprint density at radius 3 is 2.67 bits per heavy atom. The molecule has 1 aliphatic heterocycles. The normalized spacial score (nSPS) is 23.6. The van der Waals surface area contributed by atoms with Crippen LogP contribution in [0, 0.1) is 5.92 Å². The molecule has 1 aliphatic carbocycles. The lowest BCUT2D eigenvalue weighted by atomic mass is 9.84. The lowest BCUT2D eigenvalue weighted by Gasteiger charge is -2.34. The van der Waals surface area contributed by atoms with Crippen LogP contribution in [0.1, 0.15) is 45.4 Å². The molecule has 2 atom stereocenters. The molecule has 1 aromatic rings. The summed E-state index contributed by atoms with van der Waals surface area (Å²) in [4.78, 5) is 0. The van der Waals surface area contributed by atoms with Crippen molar-refractivity contribution in [3.8, 4) is 11.5 Å². The molecule has 2 fully saturated rings. The highest BCUT2D eigenvalue weighted by Gasteiger charge is 2.30. The van der Waals surface area contributed by atoms with E-state index in [0.717, 1.165) is 43.5 Å². The number of benzene rings is 1. The molecule has 3 rings (SSSR count). The molecule has 4 heteroatoms. The molecule has 1 aromatic carbocycles. The first-order valence-corrected chi connectivity index (χ1v) is 9.57. The fraction of sp³-hybridized carbons (Fsp3) is 0.700. The third-order valence-electron chi connectivity index (χ3n) is 5.09. The van der Waals surface area contributed by atoms with E-state index in [2.05, 4.69) is 5.32 Å². The third-order valence-corrected chi connectivity index (χ3v) is 5.09. The highest BCUT2D eigenvalue weighted by molar-refractivity contribution is 5.39. The Bertz CT molecular complexity index is 482. The second-order valence-corrected chi connectivity index (χ2v) is 6.89. The van der Waals surface area contributed by atoms with Gasteiger partial charge in [-0.2, -0.15) is 0 Å². The Balaban J connectivity index is 1.70. The predicted molar refractivity (Wildman–Crippen MR) is 95.8 cm³/mol. The fourth-order valence-electron chi connectivity index (χ4n) is 3.84. The van der Waals surface area contributed by atoms with Crippen LogP contribution < -0.4 is 14.8 Å². The van der Waals surface area contributed by atoms with Crippen molar-refractivity contribution >= 4 is 0 Å². The van der Waals surface area contributed by atoms with Crippen molar-refractivity contribution < 1.29 is 14.2 Å². The molecule has 1 heterocycles. The van der Waals surface area contributed by atoms with Crippen LogP contribution in [0.2, 0.25) is 0 Å². The Morgan fingerprint density at radius 2 is 1.96 bits per heavy atom. The summed E-state index contributed by atoms with van der Waals surface area (Å²) < 4.78 is 18.2. The third kappa shape index (κ3) is 4.87. The molecule has 0 bridgehead atoms. The van der Waals surface area contributed by atoms with Gasteiger partial charge in [-0.3, -0.25) is 0 Å². The van der Waals surface area contributed by atoms with Crippen LogP contribution in [-0.2, 0) is 4.74 Å². The number of hydrogen-bond donors (Lipinski definition) is 1. The van der Waals surface area contributed by atoms with Crippen molar-refractivity contribution in [3.05, 3.63) is 24.3 Å². The van der Waals surface area contributed by atoms with Crippen molar-refractivity contribution in [1.29, 1.82) is 0 Å². The van der Waals surface area contributed by atoms with E-state index in [9.17, 15) is 0 Å². The van der Waals surface area contributed by atoms with Gasteiger partial charge in [0.25, 0.3) is 0 Å². The first kappa shape index (κ1) is 17.6. The Labute approximate surface area is 145 Å². The lowest BCUT2D eigenvalue weighted by Crippen LogP contribution is -2.48. The van der Waals surface area contributed by atoms with E-state index in [1.165, 1.54) is 32.1 Å². The van der Waals surface area contributed by atoms with Gasteiger partial charge in [0.15, 0.2) is 11.5 Å². The van der Waals surface area contributed by atoms with E-state index in [1.54, 1.807) is 0 Å². The van der Waals surface area contributed by atoms with Crippen molar-refractivity contribution in [1.82, 2.24) is 5.32 Å². The average molecular weight is 333 g/mol.